The molecule has 5 heteroatoms. The molecule has 0 saturated heterocycles. The Labute approximate surface area is 88.0 Å². The fourth-order valence-electron chi connectivity index (χ4n) is 0.876. The van der Waals surface area contributed by atoms with E-state index in [4.69, 9.17) is 9.84 Å². The van der Waals surface area contributed by atoms with Gasteiger partial charge in [-0.15, -0.1) is 11.8 Å². The summed E-state index contributed by atoms with van der Waals surface area (Å²) in [4.78, 5) is 21.5. The van der Waals surface area contributed by atoms with Crippen LogP contribution in [0.15, 0.2) is 0 Å². The molecular formula is C9H16O4S. The van der Waals surface area contributed by atoms with E-state index in [-0.39, 0.29) is 17.6 Å². The lowest BCUT2D eigenvalue weighted by Crippen LogP contribution is -2.20. The number of carboxylic acid groups (broad SMARTS) is 1. The van der Waals surface area contributed by atoms with Gasteiger partial charge >= 0.3 is 11.9 Å². The van der Waals surface area contributed by atoms with Crippen molar-refractivity contribution in [1.82, 2.24) is 0 Å². The molecule has 0 saturated carbocycles. The third-order valence-corrected chi connectivity index (χ3v) is 2.92. The van der Waals surface area contributed by atoms with Crippen LogP contribution >= 0.6 is 11.8 Å². The highest BCUT2D eigenvalue weighted by molar-refractivity contribution is 8.00. The predicted molar refractivity (Wildman–Crippen MR) is 55.4 cm³/mol. The molecule has 4 nitrogen and oxygen atoms in total. The van der Waals surface area contributed by atoms with Crippen molar-refractivity contribution in [2.75, 3.05) is 12.4 Å². The molecule has 0 amide bonds. The summed E-state index contributed by atoms with van der Waals surface area (Å²) in [7, 11) is 0. The van der Waals surface area contributed by atoms with Crippen LogP contribution in [-0.4, -0.2) is 34.7 Å². The van der Waals surface area contributed by atoms with E-state index in [1.807, 2.05) is 6.92 Å². The average Bonchev–Trinajstić information content (AvgIpc) is 2.12. The van der Waals surface area contributed by atoms with E-state index in [2.05, 4.69) is 0 Å². The summed E-state index contributed by atoms with van der Waals surface area (Å²) >= 11 is 1.34. The zero-order chi connectivity index (χ0) is 11.0. The van der Waals surface area contributed by atoms with E-state index in [1.54, 1.807) is 6.92 Å². The Morgan fingerprint density at radius 2 is 2.07 bits per heavy atom. The standard InChI is InChI=1S/C9H16O4S/c1-3-7(9(12)13-4-2)14-6-5-8(10)11/h7H,3-6H2,1-2H3,(H,10,11). The molecule has 82 valence electrons. The van der Waals surface area contributed by atoms with E-state index in [9.17, 15) is 9.59 Å². The first-order valence-electron chi connectivity index (χ1n) is 4.61. The Kier molecular flexibility index (Phi) is 7.28. The van der Waals surface area contributed by atoms with Crippen molar-refractivity contribution < 1.29 is 19.4 Å². The molecule has 1 N–H and O–H groups in total. The maximum Gasteiger partial charge on any atom is 0.319 e. The second-order valence-electron chi connectivity index (χ2n) is 2.66. The predicted octanol–water partition coefficient (Wildman–Crippen LogP) is 1.54. The van der Waals surface area contributed by atoms with Crippen molar-refractivity contribution in [2.45, 2.75) is 31.9 Å². The van der Waals surface area contributed by atoms with Crippen LogP contribution in [0.4, 0.5) is 0 Å². The van der Waals surface area contributed by atoms with Gasteiger partial charge in [0, 0.05) is 5.75 Å². The molecule has 0 heterocycles. The van der Waals surface area contributed by atoms with Crippen molar-refractivity contribution in [3.8, 4) is 0 Å². The number of esters is 1. The van der Waals surface area contributed by atoms with Gasteiger partial charge in [-0.3, -0.25) is 9.59 Å². The van der Waals surface area contributed by atoms with Gasteiger partial charge in [0.15, 0.2) is 0 Å². The van der Waals surface area contributed by atoms with Crippen molar-refractivity contribution in [2.24, 2.45) is 0 Å². The van der Waals surface area contributed by atoms with Crippen LogP contribution in [0, 0.1) is 0 Å². The van der Waals surface area contributed by atoms with Crippen LogP contribution in [0.5, 0.6) is 0 Å². The zero-order valence-electron chi connectivity index (χ0n) is 8.49. The Morgan fingerprint density at radius 3 is 2.50 bits per heavy atom. The Balaban J connectivity index is 3.78. The van der Waals surface area contributed by atoms with E-state index >= 15 is 0 Å². The SMILES string of the molecule is CCOC(=O)C(CC)SCCC(=O)O. The van der Waals surface area contributed by atoms with Crippen LogP contribution in [-0.2, 0) is 14.3 Å². The van der Waals surface area contributed by atoms with Crippen molar-refractivity contribution >= 4 is 23.7 Å². The highest BCUT2D eigenvalue weighted by Gasteiger charge is 2.17. The number of thioether (sulfide) groups is 1. The summed E-state index contributed by atoms with van der Waals surface area (Å²) in [6, 6.07) is 0. The fraction of sp³-hybridized carbons (Fsp3) is 0.778. The number of carboxylic acids is 1. The summed E-state index contributed by atoms with van der Waals surface area (Å²) in [6.45, 7) is 4.01. The van der Waals surface area contributed by atoms with Gasteiger partial charge in [0.1, 0.15) is 5.25 Å². The molecule has 0 aromatic carbocycles. The highest BCUT2D eigenvalue weighted by atomic mass is 32.2. The van der Waals surface area contributed by atoms with Gasteiger partial charge in [0.2, 0.25) is 0 Å². The molecular weight excluding hydrogens is 204 g/mol. The van der Waals surface area contributed by atoms with Crippen molar-refractivity contribution in [3.63, 3.8) is 0 Å². The minimum atomic E-state index is -0.837. The average molecular weight is 220 g/mol. The molecule has 0 radical (unpaired) electrons. The van der Waals surface area contributed by atoms with Crippen LogP contribution < -0.4 is 0 Å². The maximum absolute atomic E-state index is 11.3. The minimum Gasteiger partial charge on any atom is -0.481 e. The molecule has 1 unspecified atom stereocenters. The molecule has 14 heavy (non-hydrogen) atoms. The van der Waals surface area contributed by atoms with Crippen LogP contribution in [0.2, 0.25) is 0 Å². The van der Waals surface area contributed by atoms with Gasteiger partial charge < -0.3 is 9.84 Å². The van der Waals surface area contributed by atoms with E-state index in [1.165, 1.54) is 11.8 Å². The monoisotopic (exact) mass is 220 g/mol. The topological polar surface area (TPSA) is 63.6 Å². The van der Waals surface area contributed by atoms with Gasteiger partial charge in [-0.2, -0.15) is 0 Å². The first kappa shape index (κ1) is 13.3. The molecule has 0 aromatic heterocycles. The summed E-state index contributed by atoms with van der Waals surface area (Å²) < 4.78 is 4.85. The van der Waals surface area contributed by atoms with Crippen molar-refractivity contribution in [3.05, 3.63) is 0 Å². The molecule has 0 spiro atoms. The molecule has 0 rings (SSSR count). The molecule has 0 bridgehead atoms. The molecule has 0 aliphatic rings. The normalized spacial score (nSPS) is 12.1. The van der Waals surface area contributed by atoms with Gasteiger partial charge in [-0.05, 0) is 13.3 Å². The number of ether oxygens (including phenoxy) is 1. The lowest BCUT2D eigenvalue weighted by atomic mass is 10.3. The number of carbonyl (C=O) groups is 2. The highest BCUT2D eigenvalue weighted by Crippen LogP contribution is 2.17. The Morgan fingerprint density at radius 1 is 1.43 bits per heavy atom. The van der Waals surface area contributed by atoms with E-state index in [0.29, 0.717) is 18.8 Å². The molecule has 0 fully saturated rings. The third kappa shape index (κ3) is 5.85. The smallest absolute Gasteiger partial charge is 0.319 e. The number of aliphatic carboxylic acids is 1. The lowest BCUT2D eigenvalue weighted by Gasteiger charge is -2.11. The van der Waals surface area contributed by atoms with Gasteiger partial charge in [0.25, 0.3) is 0 Å². The van der Waals surface area contributed by atoms with Gasteiger partial charge in [0.05, 0.1) is 13.0 Å². The number of rotatable bonds is 7. The lowest BCUT2D eigenvalue weighted by molar-refractivity contribution is -0.142. The summed E-state index contributed by atoms with van der Waals surface area (Å²) in [5, 5.41) is 8.18. The number of hydrogen-bond donors (Lipinski definition) is 1. The van der Waals surface area contributed by atoms with Gasteiger partial charge in [-0.25, -0.2) is 0 Å². The molecule has 0 aromatic rings. The minimum absolute atomic E-state index is 0.0839. The van der Waals surface area contributed by atoms with Crippen LogP contribution in [0.3, 0.4) is 0 Å². The van der Waals surface area contributed by atoms with E-state index in [0.717, 1.165) is 0 Å². The second-order valence-corrected chi connectivity index (χ2v) is 3.97. The number of carbonyl (C=O) groups excluding carboxylic acids is 1. The Hall–Kier alpha value is -0.710. The van der Waals surface area contributed by atoms with E-state index < -0.39 is 5.97 Å². The fourth-order valence-corrected chi connectivity index (χ4v) is 1.89. The first-order valence-corrected chi connectivity index (χ1v) is 5.66. The number of hydrogen-bond acceptors (Lipinski definition) is 4. The summed E-state index contributed by atoms with van der Waals surface area (Å²) in [5.41, 5.74) is 0. The second kappa shape index (κ2) is 7.67. The van der Waals surface area contributed by atoms with Crippen molar-refractivity contribution in [1.29, 1.82) is 0 Å². The third-order valence-electron chi connectivity index (χ3n) is 1.56. The van der Waals surface area contributed by atoms with Crippen LogP contribution in [0.1, 0.15) is 26.7 Å². The van der Waals surface area contributed by atoms with Crippen LogP contribution in [0.25, 0.3) is 0 Å². The summed E-state index contributed by atoms with van der Waals surface area (Å²) in [5.74, 6) is -0.631. The Bertz CT molecular complexity index is 193. The summed E-state index contributed by atoms with van der Waals surface area (Å²) in [6.07, 6.45) is 0.754. The maximum atomic E-state index is 11.3. The first-order chi connectivity index (χ1) is 6.61. The molecule has 1 atom stereocenters. The zero-order valence-corrected chi connectivity index (χ0v) is 9.30. The molecule has 0 aliphatic carbocycles. The quantitative estimate of drug-likeness (QED) is 0.659. The largest absolute Gasteiger partial charge is 0.481 e. The van der Waals surface area contributed by atoms with Gasteiger partial charge in [-0.1, -0.05) is 6.92 Å². The molecule has 0 aliphatic heterocycles.